The van der Waals surface area contributed by atoms with Gasteiger partial charge in [-0.1, -0.05) is 6.07 Å². The number of nitrogens with one attached hydrogen (secondary N) is 1. The van der Waals surface area contributed by atoms with Crippen molar-refractivity contribution in [2.75, 3.05) is 26.2 Å². The van der Waals surface area contributed by atoms with Crippen molar-refractivity contribution in [1.29, 1.82) is 0 Å². The van der Waals surface area contributed by atoms with Gasteiger partial charge in [0.1, 0.15) is 5.82 Å². The standard InChI is InChI=1S/C15H18F4N2O2/c1-10(22)20-7-13-9-21(4-5-23-13)8-11-2-3-12(16)6-14(11)15(17,18)19/h2-3,6,13H,4-5,7-9H2,1H3,(H,20,22). The van der Waals surface area contributed by atoms with Crippen LogP contribution in [0.3, 0.4) is 0 Å². The maximum Gasteiger partial charge on any atom is 0.416 e. The van der Waals surface area contributed by atoms with Gasteiger partial charge in [0.2, 0.25) is 5.91 Å². The van der Waals surface area contributed by atoms with Gasteiger partial charge in [-0.2, -0.15) is 13.2 Å². The van der Waals surface area contributed by atoms with Crippen molar-refractivity contribution in [3.8, 4) is 0 Å². The topological polar surface area (TPSA) is 41.6 Å². The van der Waals surface area contributed by atoms with Crippen LogP contribution >= 0.6 is 0 Å². The number of halogens is 4. The number of morpholine rings is 1. The lowest BCUT2D eigenvalue weighted by Gasteiger charge is -2.33. The molecule has 1 atom stereocenters. The largest absolute Gasteiger partial charge is 0.416 e. The summed E-state index contributed by atoms with van der Waals surface area (Å²) in [6.45, 7) is 2.98. The first-order chi connectivity index (χ1) is 10.8. The van der Waals surface area contributed by atoms with Crippen LogP contribution in [0.25, 0.3) is 0 Å². The normalized spacial score (nSPS) is 19.6. The summed E-state index contributed by atoms with van der Waals surface area (Å²) < 4.78 is 57.6. The molecule has 1 aliphatic rings. The maximum atomic E-state index is 13.1. The Hall–Kier alpha value is -1.67. The first-order valence-corrected chi connectivity index (χ1v) is 7.19. The van der Waals surface area contributed by atoms with E-state index in [9.17, 15) is 22.4 Å². The second-order valence-electron chi connectivity index (χ2n) is 5.46. The summed E-state index contributed by atoms with van der Waals surface area (Å²) in [6, 6.07) is 2.71. The van der Waals surface area contributed by atoms with E-state index in [1.807, 2.05) is 0 Å². The maximum absolute atomic E-state index is 13.1. The van der Waals surface area contributed by atoms with Gasteiger partial charge < -0.3 is 10.1 Å². The van der Waals surface area contributed by atoms with Gasteiger partial charge in [0.15, 0.2) is 0 Å². The fourth-order valence-electron chi connectivity index (χ4n) is 2.50. The van der Waals surface area contributed by atoms with E-state index in [0.29, 0.717) is 32.3 Å². The summed E-state index contributed by atoms with van der Waals surface area (Å²) in [5.41, 5.74) is -0.929. The van der Waals surface area contributed by atoms with E-state index in [1.165, 1.54) is 6.92 Å². The summed E-state index contributed by atoms with van der Waals surface area (Å²) in [4.78, 5) is 12.7. The van der Waals surface area contributed by atoms with E-state index in [2.05, 4.69) is 5.32 Å². The molecule has 1 aliphatic heterocycles. The summed E-state index contributed by atoms with van der Waals surface area (Å²) >= 11 is 0. The van der Waals surface area contributed by atoms with Gasteiger partial charge in [-0.05, 0) is 17.7 Å². The van der Waals surface area contributed by atoms with Crippen LogP contribution in [0.2, 0.25) is 0 Å². The van der Waals surface area contributed by atoms with Crippen molar-refractivity contribution < 1.29 is 27.1 Å². The van der Waals surface area contributed by atoms with Gasteiger partial charge in [-0.25, -0.2) is 4.39 Å². The Kier molecular flexibility index (Phi) is 5.59. The van der Waals surface area contributed by atoms with Crippen molar-refractivity contribution in [3.63, 3.8) is 0 Å². The van der Waals surface area contributed by atoms with Crippen LogP contribution in [0.15, 0.2) is 18.2 Å². The van der Waals surface area contributed by atoms with E-state index < -0.39 is 17.6 Å². The summed E-state index contributed by atoms with van der Waals surface area (Å²) in [7, 11) is 0. The molecule has 1 N–H and O–H groups in total. The van der Waals surface area contributed by atoms with Crippen LogP contribution < -0.4 is 5.32 Å². The van der Waals surface area contributed by atoms with Crippen LogP contribution in [0.1, 0.15) is 18.1 Å². The predicted molar refractivity (Wildman–Crippen MR) is 75.1 cm³/mol. The fourth-order valence-corrected chi connectivity index (χ4v) is 2.50. The molecule has 23 heavy (non-hydrogen) atoms. The zero-order valence-electron chi connectivity index (χ0n) is 12.6. The minimum atomic E-state index is -4.60. The van der Waals surface area contributed by atoms with Crippen LogP contribution in [0.4, 0.5) is 17.6 Å². The van der Waals surface area contributed by atoms with Crippen molar-refractivity contribution >= 4 is 5.91 Å². The quantitative estimate of drug-likeness (QED) is 0.858. The molecule has 4 nitrogen and oxygen atoms in total. The predicted octanol–water partition coefficient (Wildman–Crippen LogP) is 2.18. The van der Waals surface area contributed by atoms with Gasteiger partial charge in [0, 0.05) is 33.1 Å². The second-order valence-corrected chi connectivity index (χ2v) is 5.46. The Morgan fingerprint density at radius 2 is 2.17 bits per heavy atom. The molecule has 1 saturated heterocycles. The molecule has 0 aliphatic carbocycles. The number of rotatable bonds is 4. The summed E-state index contributed by atoms with van der Waals surface area (Å²) in [6.07, 6.45) is -4.87. The highest BCUT2D eigenvalue weighted by atomic mass is 19.4. The molecule has 0 bridgehead atoms. The van der Waals surface area contributed by atoms with Crippen LogP contribution in [0.5, 0.6) is 0 Å². The fraction of sp³-hybridized carbons (Fsp3) is 0.533. The molecular weight excluding hydrogens is 316 g/mol. The molecule has 1 heterocycles. The van der Waals surface area contributed by atoms with E-state index in [0.717, 1.165) is 12.1 Å². The number of carbonyl (C=O) groups excluding carboxylic acids is 1. The van der Waals surface area contributed by atoms with E-state index in [-0.39, 0.29) is 24.1 Å². The third-order valence-electron chi connectivity index (χ3n) is 3.57. The molecule has 1 unspecified atom stereocenters. The highest BCUT2D eigenvalue weighted by Gasteiger charge is 2.34. The molecule has 1 fully saturated rings. The molecule has 0 radical (unpaired) electrons. The highest BCUT2D eigenvalue weighted by molar-refractivity contribution is 5.72. The van der Waals surface area contributed by atoms with E-state index in [1.54, 1.807) is 4.90 Å². The molecule has 1 amide bonds. The summed E-state index contributed by atoms with van der Waals surface area (Å²) in [5.74, 6) is -1.10. The smallest absolute Gasteiger partial charge is 0.374 e. The zero-order chi connectivity index (χ0) is 17.0. The van der Waals surface area contributed by atoms with Crippen molar-refractivity contribution in [1.82, 2.24) is 10.2 Å². The lowest BCUT2D eigenvalue weighted by molar-refractivity contribution is -0.138. The first kappa shape index (κ1) is 17.7. The van der Waals surface area contributed by atoms with E-state index in [4.69, 9.17) is 4.74 Å². The minimum absolute atomic E-state index is 0.0269. The third kappa shape index (κ3) is 5.18. The number of nitrogens with zero attached hydrogens (tertiary/aromatic N) is 1. The van der Waals surface area contributed by atoms with Crippen molar-refractivity contribution in [3.05, 3.63) is 35.1 Å². The first-order valence-electron chi connectivity index (χ1n) is 7.19. The lowest BCUT2D eigenvalue weighted by atomic mass is 10.1. The Balaban J connectivity index is 2.05. The van der Waals surface area contributed by atoms with E-state index >= 15 is 0 Å². The number of ether oxygens (including phenoxy) is 1. The second kappa shape index (κ2) is 7.27. The Morgan fingerprint density at radius 3 is 2.83 bits per heavy atom. The average molecular weight is 334 g/mol. The molecule has 128 valence electrons. The Labute approximate surface area is 131 Å². The highest BCUT2D eigenvalue weighted by Crippen LogP contribution is 2.33. The number of hydrogen-bond donors (Lipinski definition) is 1. The van der Waals surface area contributed by atoms with Crippen LogP contribution in [-0.4, -0.2) is 43.2 Å². The monoisotopic (exact) mass is 334 g/mol. The van der Waals surface area contributed by atoms with Gasteiger partial charge in [-0.3, -0.25) is 9.69 Å². The average Bonchev–Trinajstić information content (AvgIpc) is 2.46. The minimum Gasteiger partial charge on any atom is -0.374 e. The zero-order valence-corrected chi connectivity index (χ0v) is 12.6. The molecule has 0 spiro atoms. The molecule has 1 aromatic rings. The lowest BCUT2D eigenvalue weighted by Crippen LogP contribution is -2.47. The number of hydrogen-bond acceptors (Lipinski definition) is 3. The van der Waals surface area contributed by atoms with Gasteiger partial charge in [0.05, 0.1) is 18.3 Å². The number of alkyl halides is 3. The van der Waals surface area contributed by atoms with Crippen molar-refractivity contribution in [2.24, 2.45) is 0 Å². The SMILES string of the molecule is CC(=O)NCC1CN(Cc2ccc(F)cc2C(F)(F)F)CCO1. The van der Waals surface area contributed by atoms with Crippen molar-refractivity contribution in [2.45, 2.75) is 25.7 Å². The Morgan fingerprint density at radius 1 is 1.43 bits per heavy atom. The van der Waals surface area contributed by atoms with Crippen LogP contribution in [0, 0.1) is 5.82 Å². The summed E-state index contributed by atoms with van der Waals surface area (Å²) in [5, 5.41) is 2.62. The third-order valence-corrected chi connectivity index (χ3v) is 3.57. The number of amides is 1. The van der Waals surface area contributed by atoms with Gasteiger partial charge >= 0.3 is 6.18 Å². The molecule has 0 aromatic heterocycles. The van der Waals surface area contributed by atoms with Crippen LogP contribution in [-0.2, 0) is 22.3 Å². The molecular formula is C15H18F4N2O2. The molecule has 2 rings (SSSR count). The van der Waals surface area contributed by atoms with Gasteiger partial charge in [0.25, 0.3) is 0 Å². The number of carbonyl (C=O) groups is 1. The number of benzene rings is 1. The molecule has 8 heteroatoms. The van der Waals surface area contributed by atoms with Gasteiger partial charge in [-0.15, -0.1) is 0 Å². The molecule has 0 saturated carbocycles. The molecule has 1 aromatic carbocycles. The Bertz CT molecular complexity index is 563.